The predicted molar refractivity (Wildman–Crippen MR) is 329 cm³/mol. The van der Waals surface area contributed by atoms with Gasteiger partial charge in [-0.25, -0.2) is 24.1 Å². The van der Waals surface area contributed by atoms with Gasteiger partial charge in [-0.1, -0.05) is 25.7 Å². The number of rotatable bonds is 25. The Kier molecular flexibility index (Phi) is 40.9. The molecule has 4 fully saturated rings. The van der Waals surface area contributed by atoms with Crippen LogP contribution in [0.1, 0.15) is 51.4 Å². The van der Waals surface area contributed by atoms with Crippen molar-refractivity contribution in [1.29, 1.82) is 0 Å². The molecule has 0 aromatic carbocycles. The molecule has 0 unspecified atom stereocenters. The van der Waals surface area contributed by atoms with E-state index in [2.05, 4.69) is 15.0 Å². The largest absolute Gasteiger partial charge is 0.480 e. The monoisotopic (exact) mass is 1370 g/mol. The van der Waals surface area contributed by atoms with E-state index in [1.807, 2.05) is 0 Å². The third-order valence-corrected chi connectivity index (χ3v) is 18.5. The SMILES string of the molecule is NC(N)=NC(=O)N1C[C@H](CCCB(O)O)[C@](N)(C(=O)O)C1.NCCN(CCN)S(=O)(=O)N1C[C@H](CCCB(O)O)[C@@H](N)C1.Nc1nccn1C(=O)N1C[C@H](CCCB(O)O)[C@@H](N)C1.Nc1nccn1S(=O)(=O)N1C[C@H](CCCB(O)O)[C@@H](N)C1.O=C=O.O=C=O.O=C=O. The van der Waals surface area contributed by atoms with Gasteiger partial charge in [0.15, 0.2) is 5.96 Å². The Bertz CT molecular complexity index is 2870. The van der Waals surface area contributed by atoms with Crippen LogP contribution < -0.4 is 57.3 Å². The van der Waals surface area contributed by atoms with Crippen LogP contribution in [0, 0.1) is 23.7 Å². The summed E-state index contributed by atoms with van der Waals surface area (Å²) in [6, 6.07) is -1.58. The lowest BCUT2D eigenvalue weighted by atomic mass is 9.78. The van der Waals surface area contributed by atoms with E-state index in [9.17, 15) is 36.3 Å². The highest BCUT2D eigenvalue weighted by molar-refractivity contribution is 7.87. The Hall–Kier alpha value is -6.68. The van der Waals surface area contributed by atoms with E-state index in [4.69, 9.17) is 126 Å². The maximum atomic E-state index is 12.6. The zero-order chi connectivity index (χ0) is 71.4. The first kappa shape index (κ1) is 86.3. The number of likely N-dealkylation sites (tertiary alicyclic amines) is 2. The van der Waals surface area contributed by atoms with Crippen molar-refractivity contribution >= 4 is 103 Å². The van der Waals surface area contributed by atoms with E-state index < -0.39 is 78.3 Å². The summed E-state index contributed by atoms with van der Waals surface area (Å²) in [5.41, 5.74) is 54.7. The number of anilines is 2. The molecule has 524 valence electrons. The number of urea groups is 1. The number of guanidine groups is 1. The second-order valence-electron chi connectivity index (χ2n) is 21.5. The van der Waals surface area contributed by atoms with Gasteiger partial charge in [-0.2, -0.15) is 67.5 Å². The Balaban J connectivity index is 0.00000116. The fourth-order valence-corrected chi connectivity index (χ4v) is 13.4. The molecule has 0 aliphatic carbocycles. The highest BCUT2D eigenvalue weighted by Gasteiger charge is 2.51. The smallest absolute Gasteiger partial charge is 0.451 e. The number of aliphatic carboxylic acids is 1. The standard InChI is InChI=1S/C11H28BN5O4S.C11H20BN5O3.C10H20BN5O5.C10H20BN5O4S.3CO2/c13-4-6-16(7-5-14)22(20,21)17-8-10(11(15)9-17)2-1-3-12(18)19;13-9-7-16(6-8(9)2-1-3-12(19)20)11(18)17-5-4-15-10(17)14;12-8(13)15-9(19)16-4-6(2-1-3-11(20)21)10(14,5-16)7(17)18;12-9-7-15(6-8(9)2-1-3-11(17)18)21(19,20)16-5-4-14-10(16)13;3*2-1-3/h10-11,18-19H,1-9,13-15H2;4-5,8-9,19-20H,1-3,6-7,13H2,(H2,14,15);6,20-21H,1-5,14H2,(H,17,18)(H4,12,13,15,19);4-5,8-9,17-18H,1-3,6-7,12H2,(H2,13,14);;;/t10-,11-;8-,9-;6-,10-;8-,9-;;;/m0000.../s1. The summed E-state index contributed by atoms with van der Waals surface area (Å²) in [5.74, 6) is -1.91. The maximum Gasteiger partial charge on any atom is 0.451 e. The van der Waals surface area contributed by atoms with E-state index in [1.54, 1.807) is 4.90 Å². The molecular formula is C45H88B4N20O22S2. The van der Waals surface area contributed by atoms with Crippen LogP contribution in [0.15, 0.2) is 29.8 Å². The van der Waals surface area contributed by atoms with Crippen LogP contribution in [-0.4, -0.2) is 276 Å². The van der Waals surface area contributed by atoms with Gasteiger partial charge in [-0.05, 0) is 68.7 Å². The highest BCUT2D eigenvalue weighted by atomic mass is 32.2. The highest BCUT2D eigenvalue weighted by Crippen LogP contribution is 2.32. The minimum atomic E-state index is -3.75. The zero-order valence-corrected chi connectivity index (χ0v) is 52.7. The van der Waals surface area contributed by atoms with Crippen molar-refractivity contribution in [3.05, 3.63) is 24.8 Å². The number of aromatic nitrogens is 4. The van der Waals surface area contributed by atoms with E-state index in [0.717, 1.165) is 10.4 Å². The summed E-state index contributed by atoms with van der Waals surface area (Å²) in [6.45, 7) is 2.96. The number of carboxylic acid groups (broad SMARTS) is 1. The van der Waals surface area contributed by atoms with Gasteiger partial charge in [0.25, 0.3) is 10.2 Å². The normalized spacial score (nSPS) is 21.5. The van der Waals surface area contributed by atoms with Crippen molar-refractivity contribution in [2.75, 3.05) is 90.0 Å². The Labute approximate surface area is 537 Å². The van der Waals surface area contributed by atoms with Gasteiger partial charge < -0.3 is 112 Å². The number of nitrogens with two attached hydrogens (primary N) is 10. The van der Waals surface area contributed by atoms with Crippen LogP contribution >= 0.6 is 0 Å². The molecule has 42 nitrogen and oxygen atoms in total. The number of imidazole rings is 2. The molecule has 6 rings (SSSR count). The van der Waals surface area contributed by atoms with Crippen LogP contribution in [0.2, 0.25) is 25.3 Å². The number of nitrogens with zero attached hydrogens (tertiary/aromatic N) is 10. The molecule has 4 aliphatic rings. The molecule has 3 amide bonds. The Morgan fingerprint density at radius 2 is 1.00 bits per heavy atom. The van der Waals surface area contributed by atoms with Gasteiger partial charge in [0.05, 0.1) is 6.54 Å². The predicted octanol–water partition coefficient (Wildman–Crippen LogP) is -10.4. The summed E-state index contributed by atoms with van der Waals surface area (Å²) >= 11 is 0. The lowest BCUT2D eigenvalue weighted by Gasteiger charge is -2.26. The summed E-state index contributed by atoms with van der Waals surface area (Å²) in [7, 11) is -12.8. The van der Waals surface area contributed by atoms with Crippen LogP contribution in [-0.2, 0) is 54.0 Å². The van der Waals surface area contributed by atoms with Gasteiger partial charge >= 0.3 is 75.2 Å². The first-order valence-corrected chi connectivity index (χ1v) is 31.5. The number of nitrogen functional groups attached to an aromatic ring is 2. The molecule has 8 atom stereocenters. The summed E-state index contributed by atoms with van der Waals surface area (Å²) < 4.78 is 56.2. The summed E-state index contributed by atoms with van der Waals surface area (Å²) in [4.78, 5) is 97.8. The topological polar surface area (TPSA) is 728 Å². The van der Waals surface area contributed by atoms with Crippen LogP contribution in [0.3, 0.4) is 0 Å². The second-order valence-corrected chi connectivity index (χ2v) is 25.2. The fourth-order valence-electron chi connectivity index (χ4n) is 10.2. The average molecular weight is 1370 g/mol. The molecule has 6 heterocycles. The molecule has 0 bridgehead atoms. The molecule has 48 heteroatoms. The van der Waals surface area contributed by atoms with Crippen molar-refractivity contribution in [2.24, 2.45) is 74.5 Å². The molecule has 0 spiro atoms. The number of carboxylic acids is 1. The van der Waals surface area contributed by atoms with Gasteiger partial charge in [0.2, 0.25) is 11.9 Å². The van der Waals surface area contributed by atoms with Crippen molar-refractivity contribution in [1.82, 2.24) is 41.2 Å². The van der Waals surface area contributed by atoms with E-state index in [-0.39, 0.29) is 144 Å². The number of hydrogen-bond donors (Lipinski definition) is 19. The van der Waals surface area contributed by atoms with Crippen molar-refractivity contribution < 1.29 is 105 Å². The molecule has 0 radical (unpaired) electrons. The third kappa shape index (κ3) is 30.1. The number of carbonyl (C=O) groups is 3. The van der Waals surface area contributed by atoms with Crippen molar-refractivity contribution in [3.8, 4) is 0 Å². The molecule has 2 aromatic rings. The molecule has 2 aromatic heterocycles. The minimum absolute atomic E-state index is 0.0109. The lowest BCUT2D eigenvalue weighted by molar-refractivity contribution is -0.193. The van der Waals surface area contributed by atoms with E-state index >= 15 is 0 Å². The molecule has 4 saturated heterocycles. The lowest BCUT2D eigenvalue weighted by Crippen LogP contribution is -2.55. The fraction of sp³-hybridized carbons (Fsp3) is 0.711. The van der Waals surface area contributed by atoms with E-state index in [0.29, 0.717) is 77.4 Å². The summed E-state index contributed by atoms with van der Waals surface area (Å²) in [5, 5.41) is 79.9. The van der Waals surface area contributed by atoms with Gasteiger partial charge in [0.1, 0.15) is 5.54 Å². The third-order valence-electron chi connectivity index (χ3n) is 14.8. The molecule has 93 heavy (non-hydrogen) atoms. The number of carbonyl (C=O) groups excluding carboxylic acids is 8. The van der Waals surface area contributed by atoms with Gasteiger partial charge in [0, 0.05) is 121 Å². The minimum Gasteiger partial charge on any atom is -0.480 e. The zero-order valence-electron chi connectivity index (χ0n) is 51.0. The molecule has 0 saturated carbocycles. The number of amides is 3. The first-order chi connectivity index (χ1) is 43.5. The number of aliphatic imine (C=N–C) groups is 1. The average Bonchev–Trinajstić information content (AvgIpc) is 1.69. The van der Waals surface area contributed by atoms with E-state index in [1.165, 1.54) is 47.2 Å². The molecular weight excluding hydrogens is 1280 g/mol. The van der Waals surface area contributed by atoms with Crippen molar-refractivity contribution in [3.63, 3.8) is 0 Å². The van der Waals surface area contributed by atoms with Crippen LogP contribution in [0.5, 0.6) is 0 Å². The first-order valence-electron chi connectivity index (χ1n) is 28.7. The molecule has 4 aliphatic heterocycles. The van der Waals surface area contributed by atoms with Crippen LogP contribution in [0.25, 0.3) is 0 Å². The quantitative estimate of drug-likeness (QED) is 0.0249. The Morgan fingerprint density at radius 1 is 0.602 bits per heavy atom. The number of hydrogen-bond acceptors (Lipinski definition) is 31. The Morgan fingerprint density at radius 3 is 1.39 bits per heavy atom. The summed E-state index contributed by atoms with van der Waals surface area (Å²) in [6.07, 6.45) is 12.0. The van der Waals surface area contributed by atoms with Gasteiger partial charge in [-0.3, -0.25) is 4.79 Å². The van der Waals surface area contributed by atoms with Crippen LogP contribution in [0.4, 0.5) is 21.5 Å². The second kappa shape index (κ2) is 44.1. The van der Waals surface area contributed by atoms with Gasteiger partial charge in [-0.15, -0.1) is 0 Å². The molecule has 29 N–H and O–H groups in total. The van der Waals surface area contributed by atoms with Crippen molar-refractivity contribution in [2.45, 2.75) is 100 Å². The maximum absolute atomic E-state index is 12.6.